The highest BCUT2D eigenvalue weighted by molar-refractivity contribution is 5.93. The summed E-state index contributed by atoms with van der Waals surface area (Å²) in [5.41, 5.74) is 8.11. The van der Waals surface area contributed by atoms with Crippen molar-refractivity contribution < 1.29 is 9.72 Å². The first-order chi connectivity index (χ1) is 12.5. The maximum atomic E-state index is 12.4. The zero-order valence-electron chi connectivity index (χ0n) is 14.9. The lowest BCUT2D eigenvalue weighted by atomic mass is 10.1. The van der Waals surface area contributed by atoms with Crippen LogP contribution in [0.15, 0.2) is 48.5 Å². The van der Waals surface area contributed by atoms with E-state index in [4.69, 9.17) is 5.73 Å². The monoisotopic (exact) mass is 356 g/mol. The van der Waals surface area contributed by atoms with Gasteiger partial charge >= 0.3 is 0 Å². The molecule has 0 aromatic heterocycles. The van der Waals surface area contributed by atoms with E-state index in [2.05, 4.69) is 17.4 Å². The van der Waals surface area contributed by atoms with Gasteiger partial charge in [-0.3, -0.25) is 19.8 Å². The number of carbonyl (C=O) groups excluding carboxylic acids is 1. The van der Waals surface area contributed by atoms with Crippen molar-refractivity contribution in [2.75, 3.05) is 31.5 Å². The summed E-state index contributed by atoms with van der Waals surface area (Å²) in [5, 5.41) is 13.6. The van der Waals surface area contributed by atoms with E-state index in [0.29, 0.717) is 24.3 Å². The van der Waals surface area contributed by atoms with Gasteiger partial charge in [0.15, 0.2) is 0 Å². The topological polar surface area (TPSA) is 102 Å². The molecule has 3 N–H and O–H groups in total. The quantitative estimate of drug-likeness (QED) is 0.530. The van der Waals surface area contributed by atoms with Crippen LogP contribution >= 0.6 is 0 Å². The molecule has 2 aromatic carbocycles. The zero-order valence-corrected chi connectivity index (χ0v) is 14.9. The minimum absolute atomic E-state index is 0.00752. The third-order valence-corrected chi connectivity index (χ3v) is 4.07. The molecule has 138 valence electrons. The van der Waals surface area contributed by atoms with E-state index in [0.717, 1.165) is 13.0 Å². The van der Waals surface area contributed by atoms with Crippen LogP contribution in [0.4, 0.5) is 11.4 Å². The maximum Gasteiger partial charge on any atom is 0.269 e. The molecule has 0 aliphatic carbocycles. The molecule has 0 radical (unpaired) electrons. The third-order valence-electron chi connectivity index (χ3n) is 4.07. The number of nitro groups is 1. The van der Waals surface area contributed by atoms with Gasteiger partial charge in [-0.1, -0.05) is 30.3 Å². The minimum Gasteiger partial charge on any atom is -0.329 e. The van der Waals surface area contributed by atoms with E-state index < -0.39 is 4.92 Å². The molecule has 26 heavy (non-hydrogen) atoms. The molecular weight excluding hydrogens is 332 g/mol. The molecule has 7 nitrogen and oxygen atoms in total. The second-order valence-corrected chi connectivity index (χ2v) is 6.10. The van der Waals surface area contributed by atoms with Crippen LogP contribution < -0.4 is 11.1 Å². The SMILES string of the molecule is Cc1cc([N+](=O)[O-])ccc1NC(=O)CN(CCN)CCc1ccccc1. The van der Waals surface area contributed by atoms with Crippen molar-refractivity contribution in [3.8, 4) is 0 Å². The predicted octanol–water partition coefficient (Wildman–Crippen LogP) is 2.35. The Kier molecular flexibility index (Phi) is 7.25. The number of anilines is 1. The average Bonchev–Trinajstić information content (AvgIpc) is 2.62. The number of hydrogen-bond acceptors (Lipinski definition) is 5. The Morgan fingerprint density at radius 1 is 1.19 bits per heavy atom. The normalized spacial score (nSPS) is 10.7. The molecule has 0 fully saturated rings. The fraction of sp³-hybridized carbons (Fsp3) is 0.316. The Bertz CT molecular complexity index is 750. The van der Waals surface area contributed by atoms with Crippen LogP contribution in [-0.2, 0) is 11.2 Å². The summed E-state index contributed by atoms with van der Waals surface area (Å²) in [7, 11) is 0. The second-order valence-electron chi connectivity index (χ2n) is 6.10. The number of amides is 1. The largest absolute Gasteiger partial charge is 0.329 e. The summed E-state index contributed by atoms with van der Waals surface area (Å²) < 4.78 is 0. The molecule has 7 heteroatoms. The first-order valence-electron chi connectivity index (χ1n) is 8.51. The number of non-ortho nitro benzene ring substituents is 1. The maximum absolute atomic E-state index is 12.4. The van der Waals surface area contributed by atoms with E-state index in [-0.39, 0.29) is 18.1 Å². The molecule has 2 rings (SSSR count). The molecule has 2 aromatic rings. The molecule has 0 aliphatic heterocycles. The van der Waals surface area contributed by atoms with Crippen LogP contribution in [0.5, 0.6) is 0 Å². The summed E-state index contributed by atoms with van der Waals surface area (Å²) in [6, 6.07) is 14.5. The molecule has 0 spiro atoms. The van der Waals surface area contributed by atoms with Crippen LogP contribution in [0.1, 0.15) is 11.1 Å². The molecule has 0 bridgehead atoms. The van der Waals surface area contributed by atoms with Crippen molar-refractivity contribution in [3.05, 3.63) is 69.8 Å². The van der Waals surface area contributed by atoms with Crippen molar-refractivity contribution in [1.82, 2.24) is 4.90 Å². The Balaban J connectivity index is 1.93. The van der Waals surface area contributed by atoms with Gasteiger partial charge in [-0.25, -0.2) is 0 Å². The number of rotatable bonds is 9. The summed E-state index contributed by atoms with van der Waals surface area (Å²) in [6.45, 7) is 3.78. The van der Waals surface area contributed by atoms with Crippen molar-refractivity contribution in [3.63, 3.8) is 0 Å². The molecule has 0 atom stereocenters. The zero-order chi connectivity index (χ0) is 18.9. The summed E-state index contributed by atoms with van der Waals surface area (Å²) in [5.74, 6) is -0.163. The van der Waals surface area contributed by atoms with Gasteiger partial charge < -0.3 is 11.1 Å². The van der Waals surface area contributed by atoms with E-state index in [1.54, 1.807) is 13.0 Å². The molecule has 0 unspecified atom stereocenters. The van der Waals surface area contributed by atoms with Gasteiger partial charge in [0.25, 0.3) is 5.69 Å². The fourth-order valence-corrected chi connectivity index (χ4v) is 2.68. The predicted molar refractivity (Wildman–Crippen MR) is 102 cm³/mol. The number of nitrogens with one attached hydrogen (secondary N) is 1. The third kappa shape index (κ3) is 5.94. The molecule has 0 saturated carbocycles. The van der Waals surface area contributed by atoms with Crippen molar-refractivity contribution in [1.29, 1.82) is 0 Å². The number of nitrogens with two attached hydrogens (primary N) is 1. The number of carbonyl (C=O) groups is 1. The summed E-state index contributed by atoms with van der Waals surface area (Å²) in [6.07, 6.45) is 0.838. The van der Waals surface area contributed by atoms with Gasteiger partial charge in [-0.05, 0) is 30.5 Å². The van der Waals surface area contributed by atoms with Crippen molar-refractivity contribution in [2.24, 2.45) is 5.73 Å². The van der Waals surface area contributed by atoms with Crippen molar-refractivity contribution in [2.45, 2.75) is 13.3 Å². The van der Waals surface area contributed by atoms with Crippen LogP contribution in [-0.4, -0.2) is 41.9 Å². The fourth-order valence-electron chi connectivity index (χ4n) is 2.68. The Hall–Kier alpha value is -2.77. The smallest absolute Gasteiger partial charge is 0.269 e. The minimum atomic E-state index is -0.453. The Labute approximate surface area is 153 Å². The standard InChI is InChI=1S/C19H24N4O3/c1-15-13-17(23(25)26)7-8-18(15)21-19(24)14-22(12-10-20)11-9-16-5-3-2-4-6-16/h2-8,13H,9-12,14,20H2,1H3,(H,21,24). The Morgan fingerprint density at radius 2 is 1.92 bits per heavy atom. The number of nitrogens with zero attached hydrogens (tertiary/aromatic N) is 2. The van der Waals surface area contributed by atoms with Gasteiger partial charge in [0.1, 0.15) is 0 Å². The lowest BCUT2D eigenvalue weighted by Crippen LogP contribution is -2.38. The van der Waals surface area contributed by atoms with Gasteiger partial charge in [0, 0.05) is 37.5 Å². The lowest BCUT2D eigenvalue weighted by molar-refractivity contribution is -0.384. The summed E-state index contributed by atoms with van der Waals surface area (Å²) in [4.78, 5) is 24.7. The first kappa shape index (κ1) is 19.6. The van der Waals surface area contributed by atoms with Crippen LogP contribution in [0.3, 0.4) is 0 Å². The molecular formula is C19H24N4O3. The number of nitro benzene ring substituents is 1. The Morgan fingerprint density at radius 3 is 2.54 bits per heavy atom. The van der Waals surface area contributed by atoms with E-state index >= 15 is 0 Å². The van der Waals surface area contributed by atoms with Crippen LogP contribution in [0.25, 0.3) is 0 Å². The average molecular weight is 356 g/mol. The van der Waals surface area contributed by atoms with Crippen molar-refractivity contribution >= 4 is 17.3 Å². The highest BCUT2D eigenvalue weighted by atomic mass is 16.6. The molecule has 0 saturated heterocycles. The van der Waals surface area contributed by atoms with E-state index in [1.165, 1.54) is 17.7 Å². The molecule has 0 aliphatic rings. The number of aryl methyl sites for hydroxylation is 1. The van der Waals surface area contributed by atoms with Gasteiger partial charge in [0.05, 0.1) is 11.5 Å². The van der Waals surface area contributed by atoms with Gasteiger partial charge in [0.2, 0.25) is 5.91 Å². The second kappa shape index (κ2) is 9.65. The highest BCUT2D eigenvalue weighted by Crippen LogP contribution is 2.21. The highest BCUT2D eigenvalue weighted by Gasteiger charge is 2.13. The van der Waals surface area contributed by atoms with E-state index in [1.807, 2.05) is 23.1 Å². The van der Waals surface area contributed by atoms with E-state index in [9.17, 15) is 14.9 Å². The number of benzene rings is 2. The molecule has 0 heterocycles. The van der Waals surface area contributed by atoms with Crippen LogP contribution in [0, 0.1) is 17.0 Å². The van der Waals surface area contributed by atoms with Gasteiger partial charge in [-0.2, -0.15) is 0 Å². The van der Waals surface area contributed by atoms with Crippen LogP contribution in [0.2, 0.25) is 0 Å². The molecule has 1 amide bonds. The van der Waals surface area contributed by atoms with Gasteiger partial charge in [-0.15, -0.1) is 0 Å². The first-order valence-corrected chi connectivity index (χ1v) is 8.51. The summed E-state index contributed by atoms with van der Waals surface area (Å²) >= 11 is 0. The number of hydrogen-bond donors (Lipinski definition) is 2. The lowest BCUT2D eigenvalue weighted by Gasteiger charge is -2.21.